The summed E-state index contributed by atoms with van der Waals surface area (Å²) in [5.41, 5.74) is 9.87. The highest BCUT2D eigenvalue weighted by atomic mass is 32.1. The number of carboxylic acids is 1. The van der Waals surface area contributed by atoms with E-state index < -0.39 is 17.9 Å². The van der Waals surface area contributed by atoms with Crippen LogP contribution in [0.4, 0.5) is 0 Å². The van der Waals surface area contributed by atoms with Crippen molar-refractivity contribution >= 4 is 29.2 Å². The number of hydrogen-bond acceptors (Lipinski definition) is 4. The highest BCUT2D eigenvalue weighted by Gasteiger charge is 2.23. The first-order chi connectivity index (χ1) is 16.5. The van der Waals surface area contributed by atoms with Crippen molar-refractivity contribution in [2.45, 2.75) is 24.8 Å². The fourth-order valence-corrected chi connectivity index (χ4v) is 4.58. The summed E-state index contributed by atoms with van der Waals surface area (Å²) < 4.78 is 0. The minimum absolute atomic E-state index is 0.0246. The average molecular weight is 476 g/mol. The minimum Gasteiger partial charge on any atom is -0.480 e. The maximum atomic E-state index is 12.8. The van der Waals surface area contributed by atoms with Crippen LogP contribution in [0.3, 0.4) is 0 Å². The van der Waals surface area contributed by atoms with E-state index in [0.717, 1.165) is 16.0 Å². The van der Waals surface area contributed by atoms with Crippen molar-refractivity contribution in [3.8, 4) is 0 Å². The van der Waals surface area contributed by atoms with Gasteiger partial charge in [-0.25, -0.2) is 9.79 Å². The van der Waals surface area contributed by atoms with E-state index >= 15 is 0 Å². The number of rotatable bonds is 10. The van der Waals surface area contributed by atoms with E-state index in [-0.39, 0.29) is 24.8 Å². The number of thiophene rings is 1. The van der Waals surface area contributed by atoms with Crippen LogP contribution < -0.4 is 16.5 Å². The number of carbonyl (C=O) groups excluding carboxylic acids is 1. The number of nitrogens with zero attached hydrogens (tertiary/aromatic N) is 2. The summed E-state index contributed by atoms with van der Waals surface area (Å²) in [6, 6.07) is 22.7. The van der Waals surface area contributed by atoms with Gasteiger partial charge in [-0.15, -0.1) is 11.3 Å². The second kappa shape index (κ2) is 12.2. The number of hydrogen-bond donors (Lipinski definition) is 4. The first kappa shape index (κ1) is 24.5. The summed E-state index contributed by atoms with van der Waals surface area (Å²) in [6.45, 7) is 6.89. The molecule has 34 heavy (non-hydrogen) atoms. The zero-order chi connectivity index (χ0) is 24.3. The monoisotopic (exact) mass is 475 g/mol. The van der Waals surface area contributed by atoms with E-state index in [1.165, 1.54) is 11.3 Å². The lowest BCUT2D eigenvalue weighted by Gasteiger charge is -2.17. The van der Waals surface area contributed by atoms with Gasteiger partial charge >= 0.3 is 5.97 Å². The fraction of sp³-hybridized carbons (Fsp3) is 0.200. The molecule has 0 radical (unpaired) electrons. The zero-order valence-corrected chi connectivity index (χ0v) is 19.2. The Labute approximate surface area is 201 Å². The third-order valence-corrected chi connectivity index (χ3v) is 6.26. The maximum absolute atomic E-state index is 12.8. The van der Waals surface area contributed by atoms with Crippen molar-refractivity contribution in [1.29, 1.82) is 0 Å². The molecule has 0 bridgehead atoms. The van der Waals surface area contributed by atoms with Crippen LogP contribution in [0.2, 0.25) is 0 Å². The number of nitrogens with one attached hydrogen (secondary N) is 2. The molecule has 0 aliphatic carbocycles. The zero-order valence-electron chi connectivity index (χ0n) is 18.3. The summed E-state index contributed by atoms with van der Waals surface area (Å²) in [5.74, 6) is -1.60. The molecule has 5 N–H and O–H groups in total. The standard InChI is InChI=1S/C25H25N5O3S/c1-27-30-25(26)28-16-8-13-19(24(32)33)29-23(31)21-15-14-20(34-21)22(17-9-4-2-5-10-17)18-11-6-3-7-12-18/h2-7,9-12,14-15,19,22H,8,13,16H2,(H,29,31)(H,32,33)(H3,26,28,30). The maximum Gasteiger partial charge on any atom is 0.326 e. The van der Waals surface area contributed by atoms with E-state index in [2.05, 4.69) is 45.0 Å². The summed E-state index contributed by atoms with van der Waals surface area (Å²) in [5, 5.41) is 12.1. The smallest absolute Gasteiger partial charge is 0.326 e. The molecule has 3 aromatic rings. The molecule has 0 spiro atoms. The Kier molecular flexibility index (Phi) is 8.77. The predicted molar refractivity (Wildman–Crippen MR) is 132 cm³/mol. The largest absolute Gasteiger partial charge is 0.480 e. The second-order valence-electron chi connectivity index (χ2n) is 7.45. The summed E-state index contributed by atoms with van der Waals surface area (Å²) in [4.78, 5) is 32.8. The van der Waals surface area contributed by atoms with Crippen LogP contribution in [0.1, 0.15) is 44.4 Å². The number of nitrogens with two attached hydrogens (primary N) is 1. The van der Waals surface area contributed by atoms with E-state index in [0.29, 0.717) is 11.3 Å². The number of aliphatic imine (C=N–C) groups is 1. The average Bonchev–Trinajstić information content (AvgIpc) is 3.32. The van der Waals surface area contributed by atoms with E-state index in [1.54, 1.807) is 6.07 Å². The lowest BCUT2D eigenvalue weighted by molar-refractivity contribution is -0.139. The first-order valence-electron chi connectivity index (χ1n) is 10.6. The van der Waals surface area contributed by atoms with Crippen LogP contribution in [-0.4, -0.2) is 35.5 Å². The van der Waals surface area contributed by atoms with Crippen LogP contribution in [0.5, 0.6) is 0 Å². The van der Waals surface area contributed by atoms with E-state index in [9.17, 15) is 14.7 Å². The van der Waals surface area contributed by atoms with E-state index in [4.69, 9.17) is 12.3 Å². The van der Waals surface area contributed by atoms with Crippen LogP contribution >= 0.6 is 11.3 Å². The Morgan fingerprint density at radius 1 is 1.03 bits per heavy atom. The van der Waals surface area contributed by atoms with Crippen LogP contribution in [0, 0.1) is 6.57 Å². The van der Waals surface area contributed by atoms with E-state index in [1.807, 2.05) is 42.5 Å². The Balaban J connectivity index is 1.72. The van der Waals surface area contributed by atoms with Gasteiger partial charge in [0.1, 0.15) is 6.04 Å². The Bertz CT molecular complexity index is 1130. The second-order valence-corrected chi connectivity index (χ2v) is 8.57. The van der Waals surface area contributed by atoms with Crippen LogP contribution in [-0.2, 0) is 4.79 Å². The molecule has 2 aromatic carbocycles. The highest BCUT2D eigenvalue weighted by Crippen LogP contribution is 2.36. The molecule has 9 heteroatoms. The molecular weight excluding hydrogens is 450 g/mol. The van der Waals surface area contributed by atoms with Gasteiger partial charge in [-0.05, 0) is 36.1 Å². The number of guanidine groups is 1. The van der Waals surface area contributed by atoms with Crippen molar-refractivity contribution in [2.75, 3.05) is 6.54 Å². The van der Waals surface area contributed by atoms with Gasteiger partial charge in [-0.2, -0.15) is 11.5 Å². The predicted octanol–water partition coefficient (Wildman–Crippen LogP) is 3.63. The number of carbonyl (C=O) groups is 2. The number of aliphatic carboxylic acids is 1. The molecule has 1 atom stereocenters. The van der Waals surface area contributed by atoms with Gasteiger partial charge in [0.05, 0.1) is 4.88 Å². The van der Waals surface area contributed by atoms with Gasteiger partial charge < -0.3 is 16.2 Å². The summed E-state index contributed by atoms with van der Waals surface area (Å²) in [7, 11) is 0. The SMILES string of the molecule is [C-]#[N+]NC(N)=NCCCC(NC(=O)c1ccc(C(c2ccccc2)c2ccccc2)s1)C(=O)O. The van der Waals surface area contributed by atoms with Gasteiger partial charge in [-0.1, -0.05) is 66.1 Å². The molecule has 0 aliphatic rings. The molecule has 3 rings (SSSR count). The quantitative estimate of drug-likeness (QED) is 0.117. The minimum atomic E-state index is -1.12. The van der Waals surface area contributed by atoms with Crippen molar-refractivity contribution in [2.24, 2.45) is 10.7 Å². The van der Waals surface area contributed by atoms with Gasteiger partial charge in [0, 0.05) is 17.3 Å². The molecule has 0 fully saturated rings. The normalized spacial score (nSPS) is 12.1. The first-order valence-corrected chi connectivity index (χ1v) is 11.5. The van der Waals surface area contributed by atoms with Crippen LogP contribution in [0.15, 0.2) is 77.8 Å². The van der Waals surface area contributed by atoms with Gasteiger partial charge in [0.15, 0.2) is 0 Å². The third-order valence-electron chi connectivity index (χ3n) is 5.11. The van der Waals surface area contributed by atoms with Crippen molar-refractivity contribution in [3.05, 3.63) is 105 Å². The fourth-order valence-electron chi connectivity index (χ4n) is 3.52. The van der Waals surface area contributed by atoms with Gasteiger partial charge in [0.25, 0.3) is 11.9 Å². The molecule has 8 nitrogen and oxygen atoms in total. The Morgan fingerprint density at radius 3 is 2.21 bits per heavy atom. The molecule has 174 valence electrons. The molecule has 0 saturated carbocycles. The lowest BCUT2D eigenvalue weighted by Crippen LogP contribution is -2.40. The van der Waals surface area contributed by atoms with Crippen LogP contribution in [0.25, 0.3) is 4.95 Å². The number of benzene rings is 2. The Morgan fingerprint density at radius 2 is 1.65 bits per heavy atom. The summed E-state index contributed by atoms with van der Waals surface area (Å²) >= 11 is 1.35. The number of amides is 1. The summed E-state index contributed by atoms with van der Waals surface area (Å²) in [6.07, 6.45) is 0.572. The number of carboxylic acid groups (broad SMARTS) is 1. The molecule has 1 amide bonds. The molecule has 1 unspecified atom stereocenters. The molecule has 1 heterocycles. The van der Waals surface area contributed by atoms with Crippen molar-refractivity contribution < 1.29 is 14.7 Å². The molecule has 0 saturated heterocycles. The third kappa shape index (κ3) is 6.67. The Hall–Kier alpha value is -4.16. The molecular formula is C25H25N5O3S. The topological polar surface area (TPSA) is 121 Å². The van der Waals surface area contributed by atoms with Crippen molar-refractivity contribution in [3.63, 3.8) is 0 Å². The lowest BCUT2D eigenvalue weighted by atomic mass is 9.90. The van der Waals surface area contributed by atoms with Crippen molar-refractivity contribution in [1.82, 2.24) is 10.7 Å². The molecule has 0 aliphatic heterocycles. The van der Waals surface area contributed by atoms with Gasteiger partial charge in [0.2, 0.25) is 0 Å². The van der Waals surface area contributed by atoms with Gasteiger partial charge in [-0.3, -0.25) is 4.79 Å². The highest BCUT2D eigenvalue weighted by molar-refractivity contribution is 7.14. The molecule has 1 aromatic heterocycles.